The first-order valence-corrected chi connectivity index (χ1v) is 5.96. The maximum absolute atomic E-state index is 10.1. The molecule has 4 nitrogen and oxygen atoms in total. The summed E-state index contributed by atoms with van der Waals surface area (Å²) < 4.78 is 0. The Labute approximate surface area is 107 Å². The molecule has 94 valence electrons. The van der Waals surface area contributed by atoms with Crippen LogP contribution < -0.4 is 0 Å². The van der Waals surface area contributed by atoms with Gasteiger partial charge in [-0.3, -0.25) is 0 Å². The molecular weight excluding hydrogens is 226 g/mol. The highest BCUT2D eigenvalue weighted by Crippen LogP contribution is 2.14. The third-order valence-electron chi connectivity index (χ3n) is 2.26. The van der Waals surface area contributed by atoms with Crippen molar-refractivity contribution in [3.05, 3.63) is 52.7 Å². The molecule has 0 fully saturated rings. The minimum atomic E-state index is 0.119. The van der Waals surface area contributed by atoms with E-state index < -0.39 is 0 Å². The molecule has 0 N–H and O–H groups in total. The van der Waals surface area contributed by atoms with E-state index in [0.29, 0.717) is 5.82 Å². The molecule has 0 radical (unpaired) electrons. The van der Waals surface area contributed by atoms with Gasteiger partial charge in [0.15, 0.2) is 5.82 Å². The number of rotatable bonds is 3. The van der Waals surface area contributed by atoms with Crippen molar-refractivity contribution in [2.24, 2.45) is 5.18 Å². The molecule has 1 heterocycles. The van der Waals surface area contributed by atoms with Crippen molar-refractivity contribution in [2.45, 2.75) is 27.3 Å². The molecule has 0 spiro atoms. The minimum absolute atomic E-state index is 0.119. The van der Waals surface area contributed by atoms with Crippen molar-refractivity contribution in [2.75, 3.05) is 0 Å². The largest absolute Gasteiger partial charge is 0.236 e. The molecule has 0 aliphatic heterocycles. The van der Waals surface area contributed by atoms with Crippen LogP contribution in [0.15, 0.2) is 41.8 Å². The zero-order valence-corrected chi connectivity index (χ0v) is 10.9. The zero-order valence-electron chi connectivity index (χ0n) is 10.9. The highest BCUT2D eigenvalue weighted by atomic mass is 16.3. The lowest BCUT2D eigenvalue weighted by Crippen LogP contribution is -1.91. The fourth-order valence-corrected chi connectivity index (χ4v) is 1.36. The lowest BCUT2D eigenvalue weighted by Gasteiger charge is -2.00. The van der Waals surface area contributed by atoms with Crippen LogP contribution in [0.1, 0.15) is 25.0 Å². The Balaban J connectivity index is 0.000000771. The maximum Gasteiger partial charge on any atom is 0.159 e. The van der Waals surface area contributed by atoms with E-state index in [2.05, 4.69) is 15.1 Å². The van der Waals surface area contributed by atoms with Gasteiger partial charge >= 0.3 is 0 Å². The standard InChI is InChI=1S/C12H11N3O.C2H6/c1-9-2-4-11(5-3-9)12-13-6-10(7-14-12)8-15-16;1-2/h2-7H,8H2,1H3;1-2H3. The highest BCUT2D eigenvalue weighted by Gasteiger charge is 2.00. The molecule has 1 aromatic carbocycles. The fraction of sp³-hybridized carbons (Fsp3) is 0.286. The van der Waals surface area contributed by atoms with Crippen molar-refractivity contribution >= 4 is 0 Å². The summed E-state index contributed by atoms with van der Waals surface area (Å²) in [5.74, 6) is 0.662. The molecular formula is C14H17N3O. The van der Waals surface area contributed by atoms with Gasteiger partial charge in [-0.25, -0.2) is 9.97 Å². The van der Waals surface area contributed by atoms with E-state index in [0.717, 1.165) is 11.1 Å². The van der Waals surface area contributed by atoms with Crippen LogP contribution in [0.4, 0.5) is 0 Å². The van der Waals surface area contributed by atoms with Crippen LogP contribution in [0.25, 0.3) is 11.4 Å². The fourth-order valence-electron chi connectivity index (χ4n) is 1.36. The number of nitrogens with zero attached hydrogens (tertiary/aromatic N) is 3. The van der Waals surface area contributed by atoms with Crippen molar-refractivity contribution < 1.29 is 0 Å². The summed E-state index contributed by atoms with van der Waals surface area (Å²) in [6.45, 7) is 6.15. The molecule has 2 rings (SSSR count). The number of hydrogen-bond acceptors (Lipinski definition) is 4. The molecule has 0 saturated heterocycles. The topological polar surface area (TPSA) is 55.2 Å². The lowest BCUT2D eigenvalue weighted by atomic mass is 10.1. The van der Waals surface area contributed by atoms with Crippen molar-refractivity contribution in [1.82, 2.24) is 9.97 Å². The van der Waals surface area contributed by atoms with Crippen LogP contribution in [0.5, 0.6) is 0 Å². The molecule has 1 aromatic heterocycles. The Morgan fingerprint density at radius 1 is 1.06 bits per heavy atom. The van der Waals surface area contributed by atoms with Crippen molar-refractivity contribution in [1.29, 1.82) is 0 Å². The average Bonchev–Trinajstić information content (AvgIpc) is 2.43. The van der Waals surface area contributed by atoms with Gasteiger partial charge in [0.1, 0.15) is 6.54 Å². The van der Waals surface area contributed by atoms with E-state index in [1.54, 1.807) is 12.4 Å². The summed E-state index contributed by atoms with van der Waals surface area (Å²) in [6, 6.07) is 7.98. The third kappa shape index (κ3) is 3.73. The van der Waals surface area contributed by atoms with Gasteiger partial charge in [0.2, 0.25) is 0 Å². The SMILES string of the molecule is CC.Cc1ccc(-c2ncc(CN=O)cn2)cc1. The summed E-state index contributed by atoms with van der Waals surface area (Å²) in [7, 11) is 0. The number of nitroso groups, excluding NO2 is 1. The molecule has 0 unspecified atom stereocenters. The van der Waals surface area contributed by atoms with Crippen molar-refractivity contribution in [3.8, 4) is 11.4 Å². The Kier molecular flexibility index (Phi) is 5.64. The Morgan fingerprint density at radius 2 is 1.61 bits per heavy atom. The number of benzene rings is 1. The van der Waals surface area contributed by atoms with E-state index in [-0.39, 0.29) is 6.54 Å². The first-order valence-electron chi connectivity index (χ1n) is 5.96. The summed E-state index contributed by atoms with van der Waals surface area (Å²) >= 11 is 0. The molecule has 0 aliphatic rings. The summed E-state index contributed by atoms with van der Waals surface area (Å²) in [5, 5.41) is 2.79. The van der Waals surface area contributed by atoms with Gasteiger partial charge in [-0.15, -0.1) is 0 Å². The molecule has 0 amide bonds. The van der Waals surface area contributed by atoms with E-state index in [4.69, 9.17) is 0 Å². The van der Waals surface area contributed by atoms with Crippen LogP contribution >= 0.6 is 0 Å². The van der Waals surface area contributed by atoms with E-state index in [1.807, 2.05) is 45.0 Å². The van der Waals surface area contributed by atoms with Gasteiger partial charge in [-0.05, 0) is 6.92 Å². The van der Waals surface area contributed by atoms with Crippen LogP contribution in [0.2, 0.25) is 0 Å². The number of aromatic nitrogens is 2. The zero-order chi connectivity index (χ0) is 13.4. The van der Waals surface area contributed by atoms with E-state index in [9.17, 15) is 4.91 Å². The Hall–Kier alpha value is -2.10. The second-order valence-electron chi connectivity index (χ2n) is 3.57. The van der Waals surface area contributed by atoms with Crippen LogP contribution in [0.3, 0.4) is 0 Å². The quantitative estimate of drug-likeness (QED) is 0.771. The van der Waals surface area contributed by atoms with E-state index in [1.165, 1.54) is 5.56 Å². The van der Waals surface area contributed by atoms with Gasteiger partial charge in [-0.2, -0.15) is 4.91 Å². The van der Waals surface area contributed by atoms with Gasteiger partial charge in [0.05, 0.1) is 0 Å². The third-order valence-corrected chi connectivity index (χ3v) is 2.26. The van der Waals surface area contributed by atoms with Gasteiger partial charge in [0, 0.05) is 23.5 Å². The summed E-state index contributed by atoms with van der Waals surface area (Å²) in [4.78, 5) is 18.4. The molecule has 0 atom stereocenters. The molecule has 4 heteroatoms. The summed E-state index contributed by atoms with van der Waals surface area (Å²) in [6.07, 6.45) is 3.26. The normalized spacial score (nSPS) is 9.28. The van der Waals surface area contributed by atoms with Gasteiger partial charge in [-0.1, -0.05) is 48.9 Å². The van der Waals surface area contributed by atoms with Crippen LogP contribution in [0, 0.1) is 11.8 Å². The Bertz CT molecular complexity index is 477. The summed E-state index contributed by atoms with van der Waals surface area (Å²) in [5.41, 5.74) is 2.90. The van der Waals surface area contributed by atoms with Crippen LogP contribution in [-0.4, -0.2) is 9.97 Å². The number of aryl methyl sites for hydroxylation is 1. The van der Waals surface area contributed by atoms with Crippen LogP contribution in [-0.2, 0) is 6.54 Å². The van der Waals surface area contributed by atoms with Gasteiger partial charge in [0.25, 0.3) is 0 Å². The molecule has 0 bridgehead atoms. The van der Waals surface area contributed by atoms with Crippen molar-refractivity contribution in [3.63, 3.8) is 0 Å². The van der Waals surface area contributed by atoms with Gasteiger partial charge < -0.3 is 0 Å². The monoisotopic (exact) mass is 243 g/mol. The predicted octanol–water partition coefficient (Wildman–Crippen LogP) is 3.74. The molecule has 0 aliphatic carbocycles. The molecule has 0 saturated carbocycles. The average molecular weight is 243 g/mol. The smallest absolute Gasteiger partial charge is 0.159 e. The second-order valence-corrected chi connectivity index (χ2v) is 3.57. The molecule has 2 aromatic rings. The molecule has 18 heavy (non-hydrogen) atoms. The minimum Gasteiger partial charge on any atom is -0.236 e. The first kappa shape index (κ1) is 14.0. The van der Waals surface area contributed by atoms with E-state index >= 15 is 0 Å². The highest BCUT2D eigenvalue weighted by molar-refractivity contribution is 5.54. The first-order chi connectivity index (χ1) is 8.79. The number of hydrogen-bond donors (Lipinski definition) is 0. The Morgan fingerprint density at radius 3 is 2.11 bits per heavy atom. The second kappa shape index (κ2) is 7.27. The maximum atomic E-state index is 10.1. The predicted molar refractivity (Wildman–Crippen MR) is 73.1 cm³/mol. The lowest BCUT2D eigenvalue weighted by molar-refractivity contribution is 1.00.